The first-order chi connectivity index (χ1) is 15.4. The summed E-state index contributed by atoms with van der Waals surface area (Å²) in [6.45, 7) is 9.54. The molecule has 0 spiro atoms. The quantitative estimate of drug-likeness (QED) is 0.520. The van der Waals surface area contributed by atoms with E-state index < -0.39 is 6.04 Å². The number of nitrogens with one attached hydrogen (secondary N) is 2. The van der Waals surface area contributed by atoms with Crippen molar-refractivity contribution in [2.75, 3.05) is 55.1 Å². The lowest BCUT2D eigenvalue weighted by atomic mass is 10.1. The number of anilines is 3. The Labute approximate surface area is 198 Å². The number of hydrogen-bond acceptors (Lipinski definition) is 6. The predicted octanol–water partition coefficient (Wildman–Crippen LogP) is 5.07. The van der Waals surface area contributed by atoms with Crippen LogP contribution in [0.5, 0.6) is 11.5 Å². The van der Waals surface area contributed by atoms with Gasteiger partial charge in [0.25, 0.3) is 0 Å². The van der Waals surface area contributed by atoms with E-state index in [4.69, 9.17) is 37.4 Å². The third kappa shape index (κ3) is 6.34. The summed E-state index contributed by atoms with van der Waals surface area (Å²) in [4.78, 5) is 15.0. The molecule has 2 N–H and O–H groups in total. The van der Waals surface area contributed by atoms with Gasteiger partial charge in [0, 0.05) is 41.0 Å². The lowest BCUT2D eigenvalue weighted by Crippen LogP contribution is -2.36. The largest absolute Gasteiger partial charge is 0.492 e. The first-order valence-electron chi connectivity index (χ1n) is 10.7. The first-order valence-corrected chi connectivity index (χ1v) is 11.5. The van der Waals surface area contributed by atoms with Crippen molar-refractivity contribution in [3.05, 3.63) is 40.4 Å². The van der Waals surface area contributed by atoms with Crippen LogP contribution < -0.4 is 25.0 Å². The number of amides is 1. The topological polar surface area (TPSA) is 72.1 Å². The van der Waals surface area contributed by atoms with Crippen LogP contribution in [0.25, 0.3) is 0 Å². The van der Waals surface area contributed by atoms with Crippen LogP contribution in [0.1, 0.15) is 20.8 Å². The molecule has 2 aromatic carbocycles. The highest BCUT2D eigenvalue weighted by Gasteiger charge is 2.22. The maximum atomic E-state index is 12.8. The van der Waals surface area contributed by atoms with E-state index in [9.17, 15) is 4.79 Å². The predicted molar refractivity (Wildman–Crippen MR) is 130 cm³/mol. The Balaban J connectivity index is 1.82. The zero-order valence-corrected chi connectivity index (χ0v) is 20.1. The summed E-state index contributed by atoms with van der Waals surface area (Å²) >= 11 is 12.1. The SMILES string of the molecule is CCOc1cc(N2CCOCC2)c(OCC)cc1N[C@@H](C)C(=O)Nc1cc(Cl)cc(Cl)c1. The van der Waals surface area contributed by atoms with Crippen molar-refractivity contribution in [2.45, 2.75) is 26.8 Å². The van der Waals surface area contributed by atoms with Gasteiger partial charge in [0.2, 0.25) is 5.91 Å². The maximum absolute atomic E-state index is 12.8. The second-order valence-electron chi connectivity index (χ2n) is 7.29. The summed E-state index contributed by atoms with van der Waals surface area (Å²) in [6.07, 6.45) is 0. The average Bonchev–Trinajstić information content (AvgIpc) is 2.75. The number of hydrogen-bond donors (Lipinski definition) is 2. The van der Waals surface area contributed by atoms with Crippen molar-refractivity contribution in [3.63, 3.8) is 0 Å². The van der Waals surface area contributed by atoms with Gasteiger partial charge in [0.15, 0.2) is 0 Å². The van der Waals surface area contributed by atoms with E-state index in [2.05, 4.69) is 15.5 Å². The lowest BCUT2D eigenvalue weighted by molar-refractivity contribution is -0.116. The maximum Gasteiger partial charge on any atom is 0.246 e. The second kappa shape index (κ2) is 11.5. The molecule has 1 fully saturated rings. The molecule has 32 heavy (non-hydrogen) atoms. The summed E-state index contributed by atoms with van der Waals surface area (Å²) in [5, 5.41) is 6.98. The van der Waals surface area contributed by atoms with Gasteiger partial charge in [-0.15, -0.1) is 0 Å². The van der Waals surface area contributed by atoms with E-state index in [0.717, 1.165) is 24.5 Å². The van der Waals surface area contributed by atoms with Gasteiger partial charge in [0.1, 0.15) is 17.5 Å². The van der Waals surface area contributed by atoms with Gasteiger partial charge in [-0.3, -0.25) is 4.79 Å². The van der Waals surface area contributed by atoms with Crippen molar-refractivity contribution in [1.29, 1.82) is 0 Å². The number of morpholine rings is 1. The Morgan fingerprint density at radius 1 is 1.03 bits per heavy atom. The zero-order chi connectivity index (χ0) is 23.1. The van der Waals surface area contributed by atoms with Crippen LogP contribution in [0.3, 0.4) is 0 Å². The fraction of sp³-hybridized carbons (Fsp3) is 0.435. The Morgan fingerprint density at radius 2 is 1.66 bits per heavy atom. The summed E-state index contributed by atoms with van der Waals surface area (Å²) in [7, 11) is 0. The van der Waals surface area contributed by atoms with Crippen LogP contribution >= 0.6 is 23.2 Å². The van der Waals surface area contributed by atoms with Gasteiger partial charge < -0.3 is 29.7 Å². The molecule has 174 valence electrons. The smallest absolute Gasteiger partial charge is 0.246 e. The average molecular weight is 482 g/mol. The first kappa shape index (κ1) is 24.3. The van der Waals surface area contributed by atoms with Crippen molar-refractivity contribution >= 4 is 46.2 Å². The highest BCUT2D eigenvalue weighted by molar-refractivity contribution is 6.35. The number of ether oxygens (including phenoxy) is 3. The minimum atomic E-state index is -0.560. The summed E-state index contributed by atoms with van der Waals surface area (Å²) < 4.78 is 17.3. The molecule has 2 aromatic rings. The molecule has 1 aliphatic heterocycles. The molecule has 1 atom stereocenters. The molecule has 9 heteroatoms. The fourth-order valence-electron chi connectivity index (χ4n) is 3.43. The number of rotatable bonds is 9. The summed E-state index contributed by atoms with van der Waals surface area (Å²) in [5.74, 6) is 1.15. The Morgan fingerprint density at radius 3 is 2.28 bits per heavy atom. The van der Waals surface area contributed by atoms with E-state index in [0.29, 0.717) is 53.6 Å². The summed E-state index contributed by atoms with van der Waals surface area (Å²) in [5.41, 5.74) is 2.16. The Bertz CT molecular complexity index is 915. The van der Waals surface area contributed by atoms with Gasteiger partial charge in [-0.05, 0) is 39.0 Å². The van der Waals surface area contributed by atoms with E-state index >= 15 is 0 Å². The molecular weight excluding hydrogens is 453 g/mol. The van der Waals surface area contributed by atoms with E-state index in [1.54, 1.807) is 25.1 Å². The van der Waals surface area contributed by atoms with Crippen LogP contribution in [0.15, 0.2) is 30.3 Å². The molecule has 7 nitrogen and oxygen atoms in total. The monoisotopic (exact) mass is 481 g/mol. The number of benzene rings is 2. The van der Waals surface area contributed by atoms with E-state index in [-0.39, 0.29) is 5.91 Å². The molecular formula is C23H29Cl2N3O4. The highest BCUT2D eigenvalue weighted by Crippen LogP contribution is 2.39. The van der Waals surface area contributed by atoms with Gasteiger partial charge in [-0.2, -0.15) is 0 Å². The molecule has 3 rings (SSSR count). The Kier molecular flexibility index (Phi) is 8.73. The molecule has 0 saturated carbocycles. The standard InChI is InChI=1S/C23H29Cl2N3O4/c1-4-31-21-14-20(28-6-8-30-9-7-28)22(32-5-2)13-19(21)26-15(3)23(29)27-18-11-16(24)10-17(25)12-18/h10-15,26H,4-9H2,1-3H3,(H,27,29)/t15-/m0/s1. The molecule has 1 aliphatic rings. The number of carbonyl (C=O) groups is 1. The lowest BCUT2D eigenvalue weighted by Gasteiger charge is -2.31. The molecule has 0 radical (unpaired) electrons. The van der Waals surface area contributed by atoms with Crippen molar-refractivity contribution in [1.82, 2.24) is 0 Å². The highest BCUT2D eigenvalue weighted by atomic mass is 35.5. The normalized spacial score (nSPS) is 14.6. The summed E-state index contributed by atoms with van der Waals surface area (Å²) in [6, 6.07) is 8.20. The minimum Gasteiger partial charge on any atom is -0.492 e. The van der Waals surface area contributed by atoms with Crippen molar-refractivity contribution in [2.24, 2.45) is 0 Å². The van der Waals surface area contributed by atoms with Gasteiger partial charge in [0.05, 0.1) is 37.8 Å². The Hall–Kier alpha value is -2.35. The van der Waals surface area contributed by atoms with Gasteiger partial charge in [-0.1, -0.05) is 23.2 Å². The van der Waals surface area contributed by atoms with Crippen LogP contribution in [0, 0.1) is 0 Å². The minimum absolute atomic E-state index is 0.235. The van der Waals surface area contributed by atoms with Gasteiger partial charge >= 0.3 is 0 Å². The van der Waals surface area contributed by atoms with Crippen LogP contribution in [-0.4, -0.2) is 51.5 Å². The van der Waals surface area contributed by atoms with Crippen LogP contribution in [-0.2, 0) is 9.53 Å². The molecule has 0 aliphatic carbocycles. The molecule has 1 saturated heterocycles. The van der Waals surface area contributed by atoms with Crippen LogP contribution in [0.2, 0.25) is 10.0 Å². The molecule has 1 amide bonds. The molecule has 0 aromatic heterocycles. The number of nitrogens with zero attached hydrogens (tertiary/aromatic N) is 1. The third-order valence-corrected chi connectivity index (χ3v) is 5.34. The van der Waals surface area contributed by atoms with Crippen molar-refractivity contribution < 1.29 is 19.0 Å². The zero-order valence-electron chi connectivity index (χ0n) is 18.5. The molecule has 1 heterocycles. The number of carbonyl (C=O) groups excluding carboxylic acids is 1. The number of halogens is 2. The van der Waals surface area contributed by atoms with Gasteiger partial charge in [-0.25, -0.2) is 0 Å². The second-order valence-corrected chi connectivity index (χ2v) is 8.17. The van der Waals surface area contributed by atoms with E-state index in [1.807, 2.05) is 26.0 Å². The van der Waals surface area contributed by atoms with Crippen molar-refractivity contribution in [3.8, 4) is 11.5 Å². The van der Waals surface area contributed by atoms with E-state index in [1.165, 1.54) is 0 Å². The van der Waals surface area contributed by atoms with Crippen LogP contribution in [0.4, 0.5) is 17.1 Å². The molecule has 0 bridgehead atoms. The molecule has 0 unspecified atom stereocenters. The third-order valence-electron chi connectivity index (χ3n) is 4.91. The fourth-order valence-corrected chi connectivity index (χ4v) is 3.96.